The van der Waals surface area contributed by atoms with Gasteiger partial charge in [-0.25, -0.2) is 0 Å². The summed E-state index contributed by atoms with van der Waals surface area (Å²) in [6, 6.07) is 16.0. The fourth-order valence-corrected chi connectivity index (χ4v) is 4.63. The highest BCUT2D eigenvalue weighted by Gasteiger charge is 2.66. The zero-order valence-corrected chi connectivity index (χ0v) is 16.2. The van der Waals surface area contributed by atoms with Crippen LogP contribution in [-0.4, -0.2) is 10.2 Å². The maximum atomic E-state index is 11.8. The lowest BCUT2D eigenvalue weighted by Gasteiger charge is -2.62. The molecular formula is C23H30O2. The van der Waals surface area contributed by atoms with E-state index >= 15 is 0 Å². The van der Waals surface area contributed by atoms with Crippen molar-refractivity contribution in [2.45, 2.75) is 64.6 Å². The van der Waals surface area contributed by atoms with Gasteiger partial charge < -0.3 is 10.2 Å². The van der Waals surface area contributed by atoms with Crippen molar-refractivity contribution in [2.75, 3.05) is 0 Å². The van der Waals surface area contributed by atoms with Crippen LogP contribution in [-0.2, 0) is 11.0 Å². The predicted octanol–water partition coefficient (Wildman–Crippen LogP) is 5.05. The van der Waals surface area contributed by atoms with E-state index in [2.05, 4.69) is 45.9 Å². The smallest absolute Gasteiger partial charge is 0.107 e. The van der Waals surface area contributed by atoms with Crippen LogP contribution < -0.4 is 0 Å². The molecule has 0 fully saturated rings. The van der Waals surface area contributed by atoms with Crippen molar-refractivity contribution in [3.05, 3.63) is 70.8 Å². The number of hydrogen-bond donors (Lipinski definition) is 2. The van der Waals surface area contributed by atoms with E-state index in [0.717, 1.165) is 11.1 Å². The van der Waals surface area contributed by atoms with Gasteiger partial charge in [0.15, 0.2) is 0 Å². The van der Waals surface area contributed by atoms with Gasteiger partial charge in [-0.05, 0) is 28.2 Å². The van der Waals surface area contributed by atoms with E-state index < -0.39 is 22.5 Å². The van der Waals surface area contributed by atoms with Crippen LogP contribution in [0.1, 0.15) is 75.8 Å². The van der Waals surface area contributed by atoms with Crippen molar-refractivity contribution in [1.82, 2.24) is 0 Å². The lowest BCUT2D eigenvalue weighted by molar-refractivity contribution is -0.193. The zero-order chi connectivity index (χ0) is 18.6. The first-order valence-electron chi connectivity index (χ1n) is 9.15. The standard InChI is InChI=1S/C23H30O2/c1-15(2)17-12-13-18-19(14-17)21(3,4)23(18,25)22(5,6)20(24)16-10-8-7-9-11-16/h7-15,20,24-25H,1-6H3/t20-,23+/m0/s1. The molecule has 0 heterocycles. The molecule has 0 spiro atoms. The molecule has 134 valence electrons. The third kappa shape index (κ3) is 2.31. The number of aliphatic hydroxyl groups excluding tert-OH is 1. The van der Waals surface area contributed by atoms with Gasteiger partial charge in [-0.15, -0.1) is 0 Å². The normalized spacial score (nSPS) is 23.1. The van der Waals surface area contributed by atoms with Crippen LogP contribution in [0.5, 0.6) is 0 Å². The molecule has 0 aromatic heterocycles. The van der Waals surface area contributed by atoms with E-state index in [0.29, 0.717) is 5.92 Å². The molecule has 0 bridgehead atoms. The number of benzene rings is 2. The predicted molar refractivity (Wildman–Crippen MR) is 103 cm³/mol. The van der Waals surface area contributed by atoms with Crippen LogP contribution in [0, 0.1) is 5.41 Å². The van der Waals surface area contributed by atoms with Gasteiger partial charge in [-0.1, -0.05) is 90.1 Å². The van der Waals surface area contributed by atoms with E-state index in [-0.39, 0.29) is 0 Å². The van der Waals surface area contributed by atoms with Crippen molar-refractivity contribution < 1.29 is 10.2 Å². The van der Waals surface area contributed by atoms with Crippen molar-refractivity contribution in [3.8, 4) is 0 Å². The van der Waals surface area contributed by atoms with Crippen LogP contribution in [0.15, 0.2) is 48.5 Å². The SMILES string of the molecule is CC(C)c1ccc2c(c1)C(C)(C)[C@@]2(O)C(C)(C)[C@@H](O)c1ccccc1. The number of fused-ring (bicyclic) bond motifs is 1. The fraction of sp³-hybridized carbons (Fsp3) is 0.478. The molecule has 25 heavy (non-hydrogen) atoms. The molecule has 3 rings (SSSR count). The minimum Gasteiger partial charge on any atom is -0.388 e. The highest BCUT2D eigenvalue weighted by atomic mass is 16.3. The molecule has 2 heteroatoms. The molecule has 2 N–H and O–H groups in total. The van der Waals surface area contributed by atoms with E-state index in [1.807, 2.05) is 44.2 Å². The van der Waals surface area contributed by atoms with Gasteiger partial charge in [0.2, 0.25) is 0 Å². The molecule has 0 amide bonds. The Kier molecular flexibility index (Phi) is 4.13. The van der Waals surface area contributed by atoms with E-state index in [4.69, 9.17) is 0 Å². The largest absolute Gasteiger partial charge is 0.388 e. The Bertz CT molecular complexity index is 774. The number of aliphatic hydroxyl groups is 2. The molecule has 0 unspecified atom stereocenters. The molecule has 2 aromatic carbocycles. The van der Waals surface area contributed by atoms with Gasteiger partial charge in [-0.2, -0.15) is 0 Å². The summed E-state index contributed by atoms with van der Waals surface area (Å²) < 4.78 is 0. The topological polar surface area (TPSA) is 40.5 Å². The third-order valence-corrected chi connectivity index (χ3v) is 6.41. The second kappa shape index (κ2) is 5.69. The summed E-state index contributed by atoms with van der Waals surface area (Å²) in [7, 11) is 0. The molecule has 1 aliphatic carbocycles. The van der Waals surface area contributed by atoms with Crippen LogP contribution >= 0.6 is 0 Å². The Morgan fingerprint density at radius 2 is 1.48 bits per heavy atom. The molecule has 2 nitrogen and oxygen atoms in total. The van der Waals surface area contributed by atoms with Gasteiger partial charge in [0, 0.05) is 10.8 Å². The molecule has 0 radical (unpaired) electrons. The monoisotopic (exact) mass is 338 g/mol. The van der Waals surface area contributed by atoms with Gasteiger partial charge in [-0.3, -0.25) is 0 Å². The van der Waals surface area contributed by atoms with Crippen molar-refractivity contribution in [1.29, 1.82) is 0 Å². The first kappa shape index (κ1) is 18.2. The van der Waals surface area contributed by atoms with Crippen molar-refractivity contribution in [3.63, 3.8) is 0 Å². The van der Waals surface area contributed by atoms with Gasteiger partial charge >= 0.3 is 0 Å². The third-order valence-electron chi connectivity index (χ3n) is 6.41. The molecule has 2 atom stereocenters. The lowest BCUT2D eigenvalue weighted by atomic mass is 9.45. The molecule has 2 aromatic rings. The van der Waals surface area contributed by atoms with Crippen LogP contribution in [0.3, 0.4) is 0 Å². The zero-order valence-electron chi connectivity index (χ0n) is 16.2. The highest BCUT2D eigenvalue weighted by molar-refractivity contribution is 5.55. The fourth-order valence-electron chi connectivity index (χ4n) is 4.63. The summed E-state index contributed by atoms with van der Waals surface area (Å²) in [6.07, 6.45) is -0.754. The second-order valence-corrected chi connectivity index (χ2v) is 8.83. The van der Waals surface area contributed by atoms with E-state index in [1.165, 1.54) is 11.1 Å². The van der Waals surface area contributed by atoms with E-state index in [9.17, 15) is 10.2 Å². The minimum atomic E-state index is -1.10. The number of rotatable bonds is 4. The van der Waals surface area contributed by atoms with Gasteiger partial charge in [0.05, 0.1) is 6.10 Å². The number of hydrogen-bond acceptors (Lipinski definition) is 2. The summed E-state index contributed by atoms with van der Waals surface area (Å²) in [6.45, 7) is 12.5. The molecule has 0 saturated heterocycles. The molecular weight excluding hydrogens is 308 g/mol. The van der Waals surface area contributed by atoms with Crippen LogP contribution in [0.2, 0.25) is 0 Å². The summed E-state index contributed by atoms with van der Waals surface area (Å²) in [5, 5.41) is 22.9. The van der Waals surface area contributed by atoms with Crippen LogP contribution in [0.4, 0.5) is 0 Å². The minimum absolute atomic E-state index is 0.424. The first-order valence-corrected chi connectivity index (χ1v) is 9.15. The second-order valence-electron chi connectivity index (χ2n) is 8.83. The Balaban J connectivity index is 2.09. The molecule has 0 aliphatic heterocycles. The summed E-state index contributed by atoms with van der Waals surface area (Å²) in [5.41, 5.74) is 2.01. The summed E-state index contributed by atoms with van der Waals surface area (Å²) >= 11 is 0. The first-order chi connectivity index (χ1) is 11.5. The Labute approximate surface area is 151 Å². The highest BCUT2D eigenvalue weighted by Crippen LogP contribution is 2.65. The van der Waals surface area contributed by atoms with Crippen molar-refractivity contribution in [2.24, 2.45) is 5.41 Å². The Morgan fingerprint density at radius 1 is 0.880 bits per heavy atom. The lowest BCUT2D eigenvalue weighted by Crippen LogP contribution is -2.64. The maximum Gasteiger partial charge on any atom is 0.107 e. The van der Waals surface area contributed by atoms with Crippen molar-refractivity contribution >= 4 is 0 Å². The molecule has 0 saturated carbocycles. The average Bonchev–Trinajstić information content (AvgIpc) is 2.60. The average molecular weight is 338 g/mol. The van der Waals surface area contributed by atoms with Crippen LogP contribution in [0.25, 0.3) is 0 Å². The quantitative estimate of drug-likeness (QED) is 0.819. The summed E-state index contributed by atoms with van der Waals surface area (Å²) in [4.78, 5) is 0. The Morgan fingerprint density at radius 3 is 2.04 bits per heavy atom. The summed E-state index contributed by atoms with van der Waals surface area (Å²) in [5.74, 6) is 0.456. The van der Waals surface area contributed by atoms with Gasteiger partial charge in [0.1, 0.15) is 5.60 Å². The Hall–Kier alpha value is -1.64. The van der Waals surface area contributed by atoms with E-state index in [1.54, 1.807) is 0 Å². The molecule has 1 aliphatic rings. The maximum absolute atomic E-state index is 11.8. The van der Waals surface area contributed by atoms with Gasteiger partial charge in [0.25, 0.3) is 0 Å².